The molecule has 18 heavy (non-hydrogen) atoms. The monoisotopic (exact) mass is 288 g/mol. The molecular formula is C13H21ClN2OS. The highest BCUT2D eigenvalue weighted by atomic mass is 35.5. The molecule has 1 aromatic heterocycles. The zero-order valence-corrected chi connectivity index (χ0v) is 12.8. The molecule has 0 spiro atoms. The summed E-state index contributed by atoms with van der Waals surface area (Å²) >= 11 is 1.73. The van der Waals surface area contributed by atoms with Crippen molar-refractivity contribution in [3.05, 3.63) is 21.9 Å². The van der Waals surface area contributed by atoms with Crippen LogP contribution in [0.5, 0.6) is 0 Å². The highest BCUT2D eigenvalue weighted by Gasteiger charge is 2.38. The van der Waals surface area contributed by atoms with E-state index in [1.165, 1.54) is 10.4 Å². The van der Waals surface area contributed by atoms with E-state index in [0.717, 1.165) is 26.1 Å². The van der Waals surface area contributed by atoms with Gasteiger partial charge in [0.05, 0.1) is 12.0 Å². The molecule has 1 fully saturated rings. The molecule has 1 atom stereocenters. The van der Waals surface area contributed by atoms with Gasteiger partial charge in [-0.15, -0.1) is 23.7 Å². The third kappa shape index (κ3) is 3.05. The SMILES string of the molecule is Cc1ccsc1CN(C)C(=O)C1(C)CCNC1.Cl. The fourth-order valence-electron chi connectivity index (χ4n) is 2.31. The number of nitrogens with zero attached hydrogens (tertiary/aromatic N) is 1. The Labute approximate surface area is 119 Å². The molecule has 2 rings (SSSR count). The standard InChI is InChI=1S/C13H20N2OS.ClH/c1-10-4-7-17-11(10)8-15(3)12(16)13(2)5-6-14-9-13;/h4,7,14H,5-6,8-9H2,1-3H3;1H. The summed E-state index contributed by atoms with van der Waals surface area (Å²) in [5.41, 5.74) is 1.07. The quantitative estimate of drug-likeness (QED) is 0.926. The number of hydrogen-bond acceptors (Lipinski definition) is 3. The Balaban J connectivity index is 0.00000162. The van der Waals surface area contributed by atoms with E-state index in [2.05, 4.69) is 30.6 Å². The van der Waals surface area contributed by atoms with Crippen molar-refractivity contribution in [2.45, 2.75) is 26.8 Å². The number of rotatable bonds is 3. The van der Waals surface area contributed by atoms with Gasteiger partial charge in [-0.05, 0) is 43.8 Å². The fourth-order valence-corrected chi connectivity index (χ4v) is 3.27. The van der Waals surface area contributed by atoms with Crippen molar-refractivity contribution in [1.29, 1.82) is 0 Å². The van der Waals surface area contributed by atoms with E-state index in [1.807, 2.05) is 11.9 Å². The van der Waals surface area contributed by atoms with Gasteiger partial charge in [-0.25, -0.2) is 0 Å². The van der Waals surface area contributed by atoms with Crippen LogP contribution in [0.2, 0.25) is 0 Å². The van der Waals surface area contributed by atoms with Crippen LogP contribution in [0.4, 0.5) is 0 Å². The molecule has 1 saturated heterocycles. The van der Waals surface area contributed by atoms with Gasteiger partial charge in [-0.3, -0.25) is 4.79 Å². The van der Waals surface area contributed by atoms with Gasteiger partial charge in [0, 0.05) is 18.5 Å². The Morgan fingerprint density at radius 3 is 2.83 bits per heavy atom. The smallest absolute Gasteiger partial charge is 0.229 e. The highest BCUT2D eigenvalue weighted by Crippen LogP contribution is 2.28. The number of nitrogens with one attached hydrogen (secondary N) is 1. The lowest BCUT2D eigenvalue weighted by Gasteiger charge is -2.28. The van der Waals surface area contributed by atoms with E-state index in [4.69, 9.17) is 0 Å². The molecule has 1 aliphatic heterocycles. The second kappa shape index (κ2) is 6.04. The van der Waals surface area contributed by atoms with E-state index in [1.54, 1.807) is 11.3 Å². The Hall–Kier alpha value is -0.580. The molecular weight excluding hydrogens is 268 g/mol. The first-order valence-corrected chi connectivity index (χ1v) is 6.90. The number of hydrogen-bond donors (Lipinski definition) is 1. The summed E-state index contributed by atoms with van der Waals surface area (Å²) in [5, 5.41) is 5.36. The van der Waals surface area contributed by atoms with Gasteiger partial charge in [0.2, 0.25) is 5.91 Å². The second-order valence-corrected chi connectivity index (χ2v) is 6.18. The van der Waals surface area contributed by atoms with Crippen molar-refractivity contribution in [3.8, 4) is 0 Å². The Bertz CT molecular complexity index is 413. The summed E-state index contributed by atoms with van der Waals surface area (Å²) in [6, 6.07) is 2.11. The predicted octanol–water partition coefficient (Wildman–Crippen LogP) is 2.44. The minimum Gasteiger partial charge on any atom is -0.340 e. The Kier molecular flexibility index (Phi) is 5.20. The fraction of sp³-hybridized carbons (Fsp3) is 0.615. The van der Waals surface area contributed by atoms with Crippen LogP contribution in [0.1, 0.15) is 23.8 Å². The van der Waals surface area contributed by atoms with Crippen LogP contribution in [0.15, 0.2) is 11.4 Å². The molecule has 5 heteroatoms. The van der Waals surface area contributed by atoms with Crippen molar-refractivity contribution in [2.24, 2.45) is 5.41 Å². The third-order valence-electron chi connectivity index (χ3n) is 3.58. The van der Waals surface area contributed by atoms with Crippen molar-refractivity contribution in [1.82, 2.24) is 10.2 Å². The van der Waals surface area contributed by atoms with Gasteiger partial charge >= 0.3 is 0 Å². The molecule has 0 aliphatic carbocycles. The number of carbonyl (C=O) groups is 1. The van der Waals surface area contributed by atoms with E-state index in [-0.39, 0.29) is 23.7 Å². The maximum absolute atomic E-state index is 12.4. The van der Waals surface area contributed by atoms with Crippen LogP contribution in [0.25, 0.3) is 0 Å². The number of amides is 1. The van der Waals surface area contributed by atoms with Crippen LogP contribution in [0, 0.1) is 12.3 Å². The molecule has 102 valence electrons. The predicted molar refractivity (Wildman–Crippen MR) is 78.4 cm³/mol. The van der Waals surface area contributed by atoms with Crippen LogP contribution in [0.3, 0.4) is 0 Å². The maximum atomic E-state index is 12.4. The van der Waals surface area contributed by atoms with Crippen molar-refractivity contribution >= 4 is 29.7 Å². The number of thiophene rings is 1. The molecule has 2 heterocycles. The third-order valence-corrected chi connectivity index (χ3v) is 4.59. The van der Waals surface area contributed by atoms with Crippen LogP contribution < -0.4 is 5.32 Å². The topological polar surface area (TPSA) is 32.3 Å². The molecule has 1 unspecified atom stereocenters. The van der Waals surface area contributed by atoms with Crippen LogP contribution >= 0.6 is 23.7 Å². The Morgan fingerprint density at radius 1 is 1.61 bits per heavy atom. The minimum absolute atomic E-state index is 0. The van der Waals surface area contributed by atoms with E-state index in [9.17, 15) is 4.79 Å². The van der Waals surface area contributed by atoms with Gasteiger partial charge in [0.1, 0.15) is 0 Å². The minimum atomic E-state index is -0.208. The van der Waals surface area contributed by atoms with Crippen molar-refractivity contribution in [3.63, 3.8) is 0 Å². The van der Waals surface area contributed by atoms with Gasteiger partial charge in [0.25, 0.3) is 0 Å². The maximum Gasteiger partial charge on any atom is 0.229 e. The summed E-state index contributed by atoms with van der Waals surface area (Å²) in [6.45, 7) is 6.65. The molecule has 3 nitrogen and oxygen atoms in total. The van der Waals surface area contributed by atoms with Crippen LogP contribution in [-0.2, 0) is 11.3 Å². The largest absolute Gasteiger partial charge is 0.340 e. The Morgan fingerprint density at radius 2 is 2.33 bits per heavy atom. The van der Waals surface area contributed by atoms with Crippen molar-refractivity contribution in [2.75, 3.05) is 20.1 Å². The lowest BCUT2D eigenvalue weighted by atomic mass is 9.88. The van der Waals surface area contributed by atoms with E-state index >= 15 is 0 Å². The highest BCUT2D eigenvalue weighted by molar-refractivity contribution is 7.10. The van der Waals surface area contributed by atoms with Gasteiger partial charge < -0.3 is 10.2 Å². The zero-order valence-electron chi connectivity index (χ0n) is 11.2. The summed E-state index contributed by atoms with van der Waals surface area (Å²) in [5.74, 6) is 0.260. The number of halogens is 1. The summed E-state index contributed by atoms with van der Waals surface area (Å²) in [7, 11) is 1.91. The summed E-state index contributed by atoms with van der Waals surface area (Å²) in [4.78, 5) is 15.5. The lowest BCUT2D eigenvalue weighted by molar-refractivity contribution is -0.139. The van der Waals surface area contributed by atoms with Gasteiger partial charge in [-0.1, -0.05) is 0 Å². The summed E-state index contributed by atoms with van der Waals surface area (Å²) in [6.07, 6.45) is 0.944. The lowest BCUT2D eigenvalue weighted by Crippen LogP contribution is -2.41. The van der Waals surface area contributed by atoms with Gasteiger partial charge in [0.15, 0.2) is 0 Å². The first-order valence-electron chi connectivity index (χ1n) is 6.02. The van der Waals surface area contributed by atoms with E-state index in [0.29, 0.717) is 0 Å². The zero-order chi connectivity index (χ0) is 12.5. The van der Waals surface area contributed by atoms with E-state index < -0.39 is 0 Å². The molecule has 1 amide bonds. The van der Waals surface area contributed by atoms with Crippen LogP contribution in [-0.4, -0.2) is 30.9 Å². The molecule has 1 aliphatic rings. The normalized spacial score (nSPS) is 22.6. The molecule has 1 N–H and O–H groups in total. The molecule has 0 bridgehead atoms. The molecule has 1 aromatic rings. The first-order chi connectivity index (χ1) is 8.03. The van der Waals surface area contributed by atoms with Gasteiger partial charge in [-0.2, -0.15) is 0 Å². The van der Waals surface area contributed by atoms with Crippen molar-refractivity contribution < 1.29 is 4.79 Å². The average Bonchev–Trinajstić information content (AvgIpc) is 2.89. The number of aryl methyl sites for hydroxylation is 1. The first kappa shape index (κ1) is 15.5. The second-order valence-electron chi connectivity index (χ2n) is 5.18. The average molecular weight is 289 g/mol. The molecule has 0 aromatic carbocycles. The molecule has 0 radical (unpaired) electrons. The number of carbonyl (C=O) groups excluding carboxylic acids is 1. The molecule has 0 saturated carbocycles. The summed E-state index contributed by atoms with van der Waals surface area (Å²) < 4.78 is 0.